The Balaban J connectivity index is 0.948. The number of aryl methyl sites for hydroxylation is 2. The number of aromatic nitrogens is 3. The molecule has 0 spiro atoms. The lowest BCUT2D eigenvalue weighted by atomic mass is 9.96. The number of thiophene rings is 1. The van der Waals surface area contributed by atoms with Gasteiger partial charge < -0.3 is 9.80 Å². The number of hydrogen-bond acceptors (Lipinski definition) is 9. The Morgan fingerprint density at radius 1 is 1.04 bits per heavy atom. The van der Waals surface area contributed by atoms with Crippen molar-refractivity contribution < 1.29 is 23.6 Å². The highest BCUT2D eigenvalue weighted by Gasteiger charge is 2.41. The van der Waals surface area contributed by atoms with E-state index in [0.717, 1.165) is 27.5 Å². The Hall–Kier alpha value is -4.50. The van der Waals surface area contributed by atoms with Crippen molar-refractivity contribution in [1.29, 1.82) is 0 Å². The van der Waals surface area contributed by atoms with Gasteiger partial charge in [0.15, 0.2) is 5.82 Å². The molecule has 2 saturated heterocycles. The molecule has 15 heteroatoms. The Morgan fingerprint density at radius 3 is 2.52 bits per heavy atom. The fourth-order valence-corrected chi connectivity index (χ4v) is 9.32. The molecule has 2 N–H and O–H groups in total. The quantitative estimate of drug-likeness (QED) is 0.280. The molecule has 2 aromatic heterocycles. The highest BCUT2D eigenvalue weighted by atomic mass is 35.5. The number of nitrogens with one attached hydrogen (secondary N) is 2. The number of rotatable bonds is 6. The molecule has 2 fully saturated rings. The lowest BCUT2D eigenvalue weighted by molar-refractivity contribution is -0.137. The highest BCUT2D eigenvalue weighted by molar-refractivity contribution is 7.14. The minimum Gasteiger partial charge on any atom is -0.340 e. The lowest BCUT2D eigenvalue weighted by Crippen LogP contribution is -2.52. The molecule has 0 saturated carbocycles. The minimum atomic E-state index is -0.802. The van der Waals surface area contributed by atoms with Crippen LogP contribution in [0, 0.1) is 26.6 Å². The molecule has 3 atom stereocenters. The maximum atomic E-state index is 15.3. The van der Waals surface area contributed by atoms with Gasteiger partial charge in [0.1, 0.15) is 22.7 Å². The first kappa shape index (κ1) is 34.6. The second-order valence-corrected chi connectivity index (χ2v) is 15.7. The summed E-state index contributed by atoms with van der Waals surface area (Å²) in [5.74, 6) is -0.566. The van der Waals surface area contributed by atoms with Gasteiger partial charge in [0.05, 0.1) is 17.6 Å². The second kappa shape index (κ2) is 13.5. The summed E-state index contributed by atoms with van der Waals surface area (Å²) >= 11 is 7.97. The van der Waals surface area contributed by atoms with Gasteiger partial charge in [-0.15, -0.1) is 21.5 Å². The van der Waals surface area contributed by atoms with Crippen LogP contribution in [-0.4, -0.2) is 85.3 Å². The van der Waals surface area contributed by atoms with E-state index in [9.17, 15) is 19.2 Å². The lowest BCUT2D eigenvalue weighted by Gasteiger charge is -2.35. The van der Waals surface area contributed by atoms with Crippen molar-refractivity contribution in [2.24, 2.45) is 0 Å². The van der Waals surface area contributed by atoms with Gasteiger partial charge in [0.2, 0.25) is 17.7 Å². The number of fused-ring (bicyclic) bond motifs is 4. The Morgan fingerprint density at radius 2 is 1.79 bits per heavy atom. The number of nitrogens with zero attached hydrogens (tertiary/aromatic N) is 6. The Labute approximate surface area is 308 Å². The number of carbonyl (C=O) groups excluding carboxylic acids is 4. The van der Waals surface area contributed by atoms with Gasteiger partial charge in [-0.1, -0.05) is 29.8 Å². The molecule has 4 aliphatic heterocycles. The predicted molar refractivity (Wildman–Crippen MR) is 192 cm³/mol. The van der Waals surface area contributed by atoms with Crippen LogP contribution in [0.3, 0.4) is 0 Å². The summed E-state index contributed by atoms with van der Waals surface area (Å²) in [6.07, 6.45) is 0.551. The maximum absolute atomic E-state index is 15.3. The molecule has 4 aromatic rings. The van der Waals surface area contributed by atoms with Gasteiger partial charge in [0, 0.05) is 67.6 Å². The Kier molecular flexibility index (Phi) is 8.97. The zero-order valence-electron chi connectivity index (χ0n) is 29.0. The average molecular weight is 745 g/mol. The number of hydrogen-bond donors (Lipinski definition) is 2. The third-order valence-electron chi connectivity index (χ3n) is 10.8. The number of amides is 4. The third kappa shape index (κ3) is 6.10. The van der Waals surface area contributed by atoms with E-state index in [1.165, 1.54) is 21.4 Å². The summed E-state index contributed by atoms with van der Waals surface area (Å²) in [5, 5.41) is 16.8. The summed E-state index contributed by atoms with van der Waals surface area (Å²) in [6.45, 7) is 8.98. The van der Waals surface area contributed by atoms with Crippen LogP contribution in [0.1, 0.15) is 86.0 Å². The standard InChI is InChI=1S/C37H38ClFN8O4S/c1-19-20(2)52-37-31(19)33(23-4-6-25(38)7-5-23)40-27(34-43-42-21(3)47(34)37)16-30(49)45-12-10-44(11-13-45)17-22-14-24-18-46(36(51)32(24)26(39)15-22)28-8-9-29(48)41-35(28)50/h4-7,14-15,27-28,33,40H,8-13,16-18H2,1-3H3,(H,41,48,50)/t27?,28?,33-/m0/s1. The Bertz CT molecular complexity index is 2130. The summed E-state index contributed by atoms with van der Waals surface area (Å²) in [6, 6.07) is 9.64. The molecule has 0 aliphatic carbocycles. The minimum absolute atomic E-state index is 0.00740. The number of benzene rings is 2. The molecule has 12 nitrogen and oxygen atoms in total. The van der Waals surface area contributed by atoms with Crippen LogP contribution < -0.4 is 10.6 Å². The van der Waals surface area contributed by atoms with E-state index < -0.39 is 29.7 Å². The van der Waals surface area contributed by atoms with Crippen LogP contribution >= 0.6 is 22.9 Å². The number of imide groups is 1. The number of carbonyl (C=O) groups is 4. The topological polar surface area (TPSA) is 133 Å². The van der Waals surface area contributed by atoms with Gasteiger partial charge >= 0.3 is 0 Å². The van der Waals surface area contributed by atoms with Crippen molar-refractivity contribution in [1.82, 2.24) is 40.1 Å². The highest BCUT2D eigenvalue weighted by Crippen LogP contribution is 2.43. The first-order valence-electron chi connectivity index (χ1n) is 17.5. The summed E-state index contributed by atoms with van der Waals surface area (Å²) in [4.78, 5) is 57.7. The van der Waals surface area contributed by atoms with Crippen LogP contribution in [0.5, 0.6) is 0 Å². The van der Waals surface area contributed by atoms with Crippen molar-refractivity contribution in [3.05, 3.63) is 97.1 Å². The largest absolute Gasteiger partial charge is 0.340 e. The molecule has 8 rings (SSSR count). The van der Waals surface area contributed by atoms with Crippen molar-refractivity contribution in [2.45, 2.75) is 71.2 Å². The van der Waals surface area contributed by atoms with Gasteiger partial charge in [-0.3, -0.25) is 39.3 Å². The molecule has 6 heterocycles. The first-order chi connectivity index (χ1) is 25.0. The summed E-state index contributed by atoms with van der Waals surface area (Å²) in [5.41, 5.74) is 4.63. The van der Waals surface area contributed by atoms with Crippen LogP contribution in [-0.2, 0) is 27.5 Å². The van der Waals surface area contributed by atoms with Crippen molar-refractivity contribution in [3.8, 4) is 5.00 Å². The molecule has 0 bridgehead atoms. The molecule has 2 aromatic carbocycles. The van der Waals surface area contributed by atoms with E-state index in [4.69, 9.17) is 11.6 Å². The van der Waals surface area contributed by atoms with E-state index in [1.807, 2.05) is 42.2 Å². The van der Waals surface area contributed by atoms with Gasteiger partial charge in [-0.05, 0) is 67.6 Å². The summed E-state index contributed by atoms with van der Waals surface area (Å²) < 4.78 is 17.4. The second-order valence-electron chi connectivity index (χ2n) is 14.0. The zero-order valence-corrected chi connectivity index (χ0v) is 30.6. The third-order valence-corrected chi connectivity index (χ3v) is 12.2. The number of piperazine rings is 1. The van der Waals surface area contributed by atoms with Crippen LogP contribution in [0.2, 0.25) is 5.02 Å². The normalized spacial score (nSPS) is 21.9. The van der Waals surface area contributed by atoms with Crippen LogP contribution in [0.25, 0.3) is 5.00 Å². The average Bonchev–Trinajstić information content (AvgIpc) is 3.72. The SMILES string of the molecule is Cc1sc2c(c1C)[C@H](c1ccc(Cl)cc1)NC(CC(=O)N1CCN(Cc3cc(F)c4c(c3)CN(C3CCC(=O)NC3=O)C4=O)CC1)c1nnc(C)n1-2. The van der Waals surface area contributed by atoms with Gasteiger partial charge in [-0.2, -0.15) is 0 Å². The van der Waals surface area contributed by atoms with E-state index in [-0.39, 0.29) is 49.2 Å². The number of halogens is 2. The molecule has 4 aliphatic rings. The van der Waals surface area contributed by atoms with Crippen molar-refractivity contribution >= 4 is 46.6 Å². The molecule has 4 amide bonds. The first-order valence-corrected chi connectivity index (χ1v) is 18.7. The fourth-order valence-electron chi connectivity index (χ4n) is 7.94. The summed E-state index contributed by atoms with van der Waals surface area (Å²) in [7, 11) is 0. The zero-order chi connectivity index (χ0) is 36.4. The van der Waals surface area contributed by atoms with Crippen LogP contribution in [0.15, 0.2) is 36.4 Å². The molecular weight excluding hydrogens is 707 g/mol. The van der Waals surface area contributed by atoms with E-state index >= 15 is 4.39 Å². The predicted octanol–water partition coefficient (Wildman–Crippen LogP) is 4.28. The van der Waals surface area contributed by atoms with Crippen molar-refractivity contribution in [2.75, 3.05) is 26.2 Å². The van der Waals surface area contributed by atoms with Gasteiger partial charge in [-0.25, -0.2) is 4.39 Å². The van der Waals surface area contributed by atoms with E-state index in [2.05, 4.69) is 44.1 Å². The maximum Gasteiger partial charge on any atom is 0.258 e. The smallest absolute Gasteiger partial charge is 0.258 e. The molecular formula is C37H38ClFN8O4S. The van der Waals surface area contributed by atoms with E-state index in [1.54, 1.807) is 11.3 Å². The van der Waals surface area contributed by atoms with Crippen molar-refractivity contribution in [3.63, 3.8) is 0 Å². The van der Waals surface area contributed by atoms with Gasteiger partial charge in [0.25, 0.3) is 5.91 Å². The fraction of sp³-hybridized carbons (Fsp3) is 0.405. The molecule has 52 heavy (non-hydrogen) atoms. The monoisotopic (exact) mass is 744 g/mol. The molecule has 2 unspecified atom stereocenters. The number of piperidine rings is 1. The molecule has 270 valence electrons. The van der Waals surface area contributed by atoms with E-state index in [0.29, 0.717) is 49.1 Å². The molecule has 0 radical (unpaired) electrons. The van der Waals surface area contributed by atoms with Crippen LogP contribution in [0.4, 0.5) is 4.39 Å².